The van der Waals surface area contributed by atoms with Gasteiger partial charge in [0.15, 0.2) is 0 Å². The molecule has 0 heterocycles. The normalized spacial score (nSPS) is 10.3. The Morgan fingerprint density at radius 2 is 1.74 bits per heavy atom. The smallest absolute Gasteiger partial charge is 0.338 e. The van der Waals surface area contributed by atoms with E-state index in [0.29, 0.717) is 26.7 Å². The number of carbonyl (C=O) groups is 1. The molecule has 0 fully saturated rings. The average Bonchev–Trinajstić information content (AvgIpc) is 2.38. The number of hydrogen-bond donors (Lipinski definition) is 0. The van der Waals surface area contributed by atoms with Gasteiger partial charge < -0.3 is 4.74 Å². The molecule has 2 nitrogen and oxygen atoms in total. The Kier molecular flexibility index (Phi) is 4.13. The van der Waals surface area contributed by atoms with Crippen LogP contribution in [0.3, 0.4) is 0 Å². The summed E-state index contributed by atoms with van der Waals surface area (Å²) in [5.41, 5.74) is 2.79. The van der Waals surface area contributed by atoms with Gasteiger partial charge in [-0.3, -0.25) is 0 Å². The van der Waals surface area contributed by atoms with Gasteiger partial charge >= 0.3 is 5.97 Å². The van der Waals surface area contributed by atoms with Crippen molar-refractivity contribution in [2.75, 3.05) is 7.11 Å². The molecule has 0 amide bonds. The molecule has 98 valence electrons. The van der Waals surface area contributed by atoms with Crippen LogP contribution in [0.5, 0.6) is 0 Å². The van der Waals surface area contributed by atoms with Crippen LogP contribution in [0.15, 0.2) is 36.4 Å². The highest BCUT2D eigenvalue weighted by Gasteiger charge is 2.17. The molecule has 0 saturated heterocycles. The van der Waals surface area contributed by atoms with Gasteiger partial charge in [-0.25, -0.2) is 4.79 Å². The van der Waals surface area contributed by atoms with E-state index in [4.69, 9.17) is 27.9 Å². The van der Waals surface area contributed by atoms with Crippen LogP contribution < -0.4 is 0 Å². The van der Waals surface area contributed by atoms with E-state index in [1.54, 1.807) is 24.3 Å². The Labute approximate surface area is 121 Å². The number of methoxy groups -OCH3 is 1. The molecule has 0 aliphatic heterocycles. The Balaban J connectivity index is 2.74. The molecule has 0 atom stereocenters. The molecule has 0 bridgehead atoms. The summed E-state index contributed by atoms with van der Waals surface area (Å²) in [5.74, 6) is -0.411. The minimum atomic E-state index is -0.411. The zero-order valence-corrected chi connectivity index (χ0v) is 12.0. The van der Waals surface area contributed by atoms with Gasteiger partial charge in [0, 0.05) is 15.6 Å². The minimum Gasteiger partial charge on any atom is -0.465 e. The largest absolute Gasteiger partial charge is 0.465 e. The summed E-state index contributed by atoms with van der Waals surface area (Å²) in [6, 6.07) is 10.7. The first-order valence-corrected chi connectivity index (χ1v) is 6.43. The average molecular weight is 295 g/mol. The lowest BCUT2D eigenvalue weighted by Crippen LogP contribution is -2.04. The van der Waals surface area contributed by atoms with E-state index in [1.807, 2.05) is 19.1 Å². The first-order valence-electron chi connectivity index (χ1n) is 5.68. The Morgan fingerprint density at radius 1 is 1.11 bits per heavy atom. The van der Waals surface area contributed by atoms with Crippen molar-refractivity contribution in [2.24, 2.45) is 0 Å². The fraction of sp³-hybridized carbons (Fsp3) is 0.133. The summed E-state index contributed by atoms with van der Waals surface area (Å²) >= 11 is 12.4. The van der Waals surface area contributed by atoms with Gasteiger partial charge in [-0.05, 0) is 30.7 Å². The molecule has 19 heavy (non-hydrogen) atoms. The van der Waals surface area contributed by atoms with Gasteiger partial charge in [-0.15, -0.1) is 0 Å². The standard InChI is InChI=1S/C15H12Cl2O2/c1-9-6-7-10(15(18)19-2)11(8-9)14-12(16)4-3-5-13(14)17/h3-8H,1-2H3. The fourth-order valence-electron chi connectivity index (χ4n) is 1.91. The number of carbonyl (C=O) groups excluding carboxylic acids is 1. The third-order valence-corrected chi connectivity index (χ3v) is 3.44. The van der Waals surface area contributed by atoms with Crippen LogP contribution in [0, 0.1) is 6.92 Å². The van der Waals surface area contributed by atoms with Gasteiger partial charge in [0.2, 0.25) is 0 Å². The second-order valence-corrected chi connectivity index (χ2v) is 4.95. The van der Waals surface area contributed by atoms with Crippen LogP contribution in [-0.4, -0.2) is 13.1 Å². The van der Waals surface area contributed by atoms with Crippen LogP contribution in [0.1, 0.15) is 15.9 Å². The highest BCUT2D eigenvalue weighted by atomic mass is 35.5. The van der Waals surface area contributed by atoms with Gasteiger partial charge in [0.25, 0.3) is 0 Å². The maximum absolute atomic E-state index is 11.8. The molecule has 0 aliphatic rings. The summed E-state index contributed by atoms with van der Waals surface area (Å²) < 4.78 is 4.79. The molecule has 0 N–H and O–H groups in total. The van der Waals surface area contributed by atoms with Gasteiger partial charge in [0.1, 0.15) is 0 Å². The number of esters is 1. The number of ether oxygens (including phenoxy) is 1. The molecule has 2 aromatic carbocycles. The van der Waals surface area contributed by atoms with Crippen LogP contribution in [0.25, 0.3) is 11.1 Å². The van der Waals surface area contributed by atoms with Crippen molar-refractivity contribution in [1.29, 1.82) is 0 Å². The third kappa shape index (κ3) is 2.75. The van der Waals surface area contributed by atoms with Crippen molar-refractivity contribution < 1.29 is 9.53 Å². The SMILES string of the molecule is COC(=O)c1ccc(C)cc1-c1c(Cl)cccc1Cl. The van der Waals surface area contributed by atoms with E-state index < -0.39 is 5.97 Å². The number of halogens is 2. The van der Waals surface area contributed by atoms with Crippen molar-refractivity contribution >= 4 is 29.2 Å². The fourth-order valence-corrected chi connectivity index (χ4v) is 2.51. The third-order valence-electron chi connectivity index (χ3n) is 2.81. The second-order valence-electron chi connectivity index (χ2n) is 4.14. The lowest BCUT2D eigenvalue weighted by Gasteiger charge is -2.12. The van der Waals surface area contributed by atoms with Crippen LogP contribution >= 0.6 is 23.2 Å². The summed E-state index contributed by atoms with van der Waals surface area (Å²) in [6.07, 6.45) is 0. The van der Waals surface area contributed by atoms with Crippen molar-refractivity contribution in [2.45, 2.75) is 6.92 Å². The van der Waals surface area contributed by atoms with E-state index in [-0.39, 0.29) is 0 Å². The topological polar surface area (TPSA) is 26.3 Å². The van der Waals surface area contributed by atoms with Crippen molar-refractivity contribution in [3.05, 3.63) is 57.6 Å². The molecule has 0 unspecified atom stereocenters. The van der Waals surface area contributed by atoms with E-state index in [2.05, 4.69) is 0 Å². The highest BCUT2D eigenvalue weighted by Crippen LogP contribution is 2.37. The maximum atomic E-state index is 11.8. The predicted octanol–water partition coefficient (Wildman–Crippen LogP) is 4.76. The van der Waals surface area contributed by atoms with E-state index in [1.165, 1.54) is 7.11 Å². The zero-order chi connectivity index (χ0) is 14.0. The molecule has 0 spiro atoms. The molecule has 2 rings (SSSR count). The van der Waals surface area contributed by atoms with Crippen molar-refractivity contribution in [3.63, 3.8) is 0 Å². The Hall–Kier alpha value is -1.51. The first kappa shape index (κ1) is 13.9. The van der Waals surface area contributed by atoms with Gasteiger partial charge in [0.05, 0.1) is 12.7 Å². The quantitative estimate of drug-likeness (QED) is 0.747. The molecule has 0 aliphatic carbocycles. The zero-order valence-electron chi connectivity index (χ0n) is 10.5. The number of rotatable bonds is 2. The van der Waals surface area contributed by atoms with Crippen LogP contribution in [0.2, 0.25) is 10.0 Å². The van der Waals surface area contributed by atoms with E-state index in [9.17, 15) is 4.79 Å². The van der Waals surface area contributed by atoms with E-state index >= 15 is 0 Å². The summed E-state index contributed by atoms with van der Waals surface area (Å²) in [7, 11) is 1.35. The lowest BCUT2D eigenvalue weighted by atomic mass is 9.97. The molecular weight excluding hydrogens is 283 g/mol. The first-order chi connectivity index (χ1) is 9.04. The number of hydrogen-bond acceptors (Lipinski definition) is 2. The second kappa shape index (κ2) is 5.64. The predicted molar refractivity (Wildman–Crippen MR) is 78.0 cm³/mol. The number of aryl methyl sites for hydroxylation is 1. The van der Waals surface area contributed by atoms with E-state index in [0.717, 1.165) is 5.56 Å². The summed E-state index contributed by atoms with van der Waals surface area (Å²) in [6.45, 7) is 1.94. The summed E-state index contributed by atoms with van der Waals surface area (Å²) in [5, 5.41) is 1.01. The van der Waals surface area contributed by atoms with Gasteiger partial charge in [-0.2, -0.15) is 0 Å². The molecule has 0 aromatic heterocycles. The van der Waals surface area contributed by atoms with Gasteiger partial charge in [-0.1, -0.05) is 47.0 Å². The molecular formula is C15H12Cl2O2. The van der Waals surface area contributed by atoms with Crippen LogP contribution in [-0.2, 0) is 4.74 Å². The van der Waals surface area contributed by atoms with Crippen LogP contribution in [0.4, 0.5) is 0 Å². The molecule has 4 heteroatoms. The Morgan fingerprint density at radius 3 is 2.32 bits per heavy atom. The highest BCUT2D eigenvalue weighted by molar-refractivity contribution is 6.39. The maximum Gasteiger partial charge on any atom is 0.338 e. The molecule has 0 saturated carbocycles. The Bertz CT molecular complexity index is 616. The van der Waals surface area contributed by atoms with Crippen molar-refractivity contribution in [1.82, 2.24) is 0 Å². The molecule has 0 radical (unpaired) electrons. The summed E-state index contributed by atoms with van der Waals surface area (Å²) in [4.78, 5) is 11.8. The molecule has 2 aromatic rings. The number of benzene rings is 2. The minimum absolute atomic E-state index is 0.411. The monoisotopic (exact) mass is 294 g/mol. The van der Waals surface area contributed by atoms with Crippen molar-refractivity contribution in [3.8, 4) is 11.1 Å². The lowest BCUT2D eigenvalue weighted by molar-refractivity contribution is 0.0601.